The van der Waals surface area contributed by atoms with Gasteiger partial charge >= 0.3 is 12.1 Å². The Balaban J connectivity index is 1.41. The second-order valence-electron chi connectivity index (χ2n) is 8.68. The fourth-order valence-electron chi connectivity index (χ4n) is 4.20. The summed E-state index contributed by atoms with van der Waals surface area (Å²) in [5, 5.41) is 4.77. The number of thiophene rings is 1. The molecule has 1 aliphatic carbocycles. The van der Waals surface area contributed by atoms with E-state index in [9.17, 15) is 9.59 Å². The van der Waals surface area contributed by atoms with Gasteiger partial charge < -0.3 is 10.1 Å². The number of benzene rings is 1. The molecule has 0 unspecified atom stereocenters. The number of ether oxygens (including phenoxy) is 1. The Bertz CT molecular complexity index is 1140. The minimum Gasteiger partial charge on any atom is -0.442 e. The Kier molecular flexibility index (Phi) is 8.36. The molecule has 2 aromatic heterocycles. The molecule has 0 aliphatic heterocycles. The van der Waals surface area contributed by atoms with E-state index in [0.29, 0.717) is 11.4 Å². The van der Waals surface area contributed by atoms with E-state index in [4.69, 9.17) is 14.5 Å². The molecule has 0 radical (unpaired) electrons. The molecule has 7 nitrogen and oxygen atoms in total. The van der Waals surface area contributed by atoms with Crippen LogP contribution < -0.4 is 10.2 Å². The summed E-state index contributed by atoms with van der Waals surface area (Å²) in [6.07, 6.45) is 5.73. The highest BCUT2D eigenvalue weighted by atomic mass is 32.1. The van der Waals surface area contributed by atoms with Crippen molar-refractivity contribution in [3.63, 3.8) is 0 Å². The number of hydrogen-bond acceptors (Lipinski definition) is 7. The van der Waals surface area contributed by atoms with Gasteiger partial charge in [0, 0.05) is 23.2 Å². The number of carbonyl (C=O) groups excluding carboxylic acids is 2. The third kappa shape index (κ3) is 6.39. The smallest absolute Gasteiger partial charge is 0.408 e. The van der Waals surface area contributed by atoms with Crippen LogP contribution in [-0.4, -0.2) is 17.0 Å². The van der Waals surface area contributed by atoms with Crippen LogP contribution in [0.1, 0.15) is 62.0 Å². The van der Waals surface area contributed by atoms with E-state index in [2.05, 4.69) is 10.3 Å². The summed E-state index contributed by atoms with van der Waals surface area (Å²) < 4.78 is 5.51. The Morgan fingerprint density at radius 3 is 2.66 bits per heavy atom. The Morgan fingerprint density at radius 2 is 1.89 bits per heavy atom. The molecule has 1 aromatic carbocycles. The van der Waals surface area contributed by atoms with Crippen molar-refractivity contribution in [1.29, 1.82) is 0 Å². The van der Waals surface area contributed by atoms with Crippen molar-refractivity contribution in [2.75, 3.05) is 0 Å². The topological polar surface area (TPSA) is 86.8 Å². The van der Waals surface area contributed by atoms with E-state index in [-0.39, 0.29) is 24.5 Å². The molecule has 8 heteroatoms. The molecule has 3 aromatic rings. The number of nitrogens with one attached hydrogen (secondary N) is 1. The second-order valence-corrected chi connectivity index (χ2v) is 9.60. The zero-order valence-electron chi connectivity index (χ0n) is 20.0. The molecule has 184 valence electrons. The van der Waals surface area contributed by atoms with E-state index in [1.807, 2.05) is 54.8 Å². The van der Waals surface area contributed by atoms with Gasteiger partial charge in [-0.1, -0.05) is 49.6 Å². The minimum atomic E-state index is -0.498. The van der Waals surface area contributed by atoms with Crippen LogP contribution >= 0.6 is 11.3 Å². The first-order valence-corrected chi connectivity index (χ1v) is 12.8. The van der Waals surface area contributed by atoms with Gasteiger partial charge in [-0.15, -0.1) is 11.3 Å². The summed E-state index contributed by atoms with van der Waals surface area (Å²) in [5.41, 5.74) is 3.19. The zero-order valence-corrected chi connectivity index (χ0v) is 20.8. The number of alkyl carbamates (subject to hydrolysis) is 1. The van der Waals surface area contributed by atoms with E-state index in [1.54, 1.807) is 13.1 Å². The van der Waals surface area contributed by atoms with Gasteiger partial charge in [0.15, 0.2) is 0 Å². The molecule has 1 amide bonds. The van der Waals surface area contributed by atoms with Gasteiger partial charge in [0.05, 0.1) is 11.6 Å². The number of carbonyl (C=O) groups is 2. The highest BCUT2D eigenvalue weighted by Crippen LogP contribution is 2.38. The first-order valence-electron chi connectivity index (χ1n) is 11.9. The predicted octanol–water partition coefficient (Wildman–Crippen LogP) is 6.52. The number of pyridine rings is 1. The van der Waals surface area contributed by atoms with Crippen LogP contribution in [0.5, 0.6) is 5.75 Å². The van der Waals surface area contributed by atoms with Crippen molar-refractivity contribution >= 4 is 23.4 Å². The molecular weight excluding hydrogens is 464 g/mol. The fraction of sp³-hybridized carbons (Fsp3) is 0.370. The molecular formula is C27H30N2O5S. The number of hydrogen-bond donors (Lipinski definition) is 1. The summed E-state index contributed by atoms with van der Waals surface area (Å²) in [6, 6.07) is 13.3. The van der Waals surface area contributed by atoms with Crippen molar-refractivity contribution in [3.8, 4) is 16.2 Å². The van der Waals surface area contributed by atoms with Gasteiger partial charge in [0.1, 0.15) is 6.10 Å². The van der Waals surface area contributed by atoms with E-state index < -0.39 is 6.09 Å². The highest BCUT2D eigenvalue weighted by molar-refractivity contribution is 7.13. The lowest BCUT2D eigenvalue weighted by molar-refractivity contribution is -0.219. The average molecular weight is 495 g/mol. The minimum absolute atomic E-state index is 0.116. The van der Waals surface area contributed by atoms with Gasteiger partial charge in [0.2, 0.25) is 5.75 Å². The van der Waals surface area contributed by atoms with Gasteiger partial charge in [-0.3, -0.25) is 14.8 Å². The lowest BCUT2D eigenvalue weighted by atomic mass is 9.89. The average Bonchev–Trinajstić information content (AvgIpc) is 3.36. The second kappa shape index (κ2) is 11.8. The largest absolute Gasteiger partial charge is 0.442 e. The maximum absolute atomic E-state index is 12.5. The van der Waals surface area contributed by atoms with Crippen LogP contribution in [0.3, 0.4) is 0 Å². The molecule has 1 fully saturated rings. The quantitative estimate of drug-likeness (QED) is 0.283. The van der Waals surface area contributed by atoms with Gasteiger partial charge in [-0.2, -0.15) is 0 Å². The molecule has 2 heterocycles. The summed E-state index contributed by atoms with van der Waals surface area (Å²) in [6.45, 7) is 3.92. The first-order chi connectivity index (χ1) is 17.0. The van der Waals surface area contributed by atoms with Gasteiger partial charge in [0.25, 0.3) is 0 Å². The molecule has 0 saturated heterocycles. The molecule has 0 bridgehead atoms. The number of aryl methyl sites for hydroxylation is 1. The fourth-order valence-corrected chi connectivity index (χ4v) is 5.15. The Morgan fingerprint density at radius 1 is 1.11 bits per heavy atom. The zero-order chi connectivity index (χ0) is 24.6. The third-order valence-corrected chi connectivity index (χ3v) is 7.19. The van der Waals surface area contributed by atoms with Gasteiger partial charge in [-0.25, -0.2) is 9.59 Å². The van der Waals surface area contributed by atoms with Crippen molar-refractivity contribution in [3.05, 3.63) is 70.9 Å². The summed E-state index contributed by atoms with van der Waals surface area (Å²) >= 11 is 1.51. The van der Waals surface area contributed by atoms with Crippen molar-refractivity contribution in [2.24, 2.45) is 5.92 Å². The molecule has 1 saturated carbocycles. The van der Waals surface area contributed by atoms with Crippen LogP contribution in [0.15, 0.2) is 54.0 Å². The summed E-state index contributed by atoms with van der Waals surface area (Å²) in [5.74, 6) is -0.0437. The lowest BCUT2D eigenvalue weighted by Crippen LogP contribution is -2.25. The van der Waals surface area contributed by atoms with Crippen LogP contribution in [-0.2, 0) is 21.0 Å². The molecule has 4 rings (SSSR count). The standard InChI is InChI=1S/C27H30N2O5S/c1-18-24(33-34-26(30)21-11-7-4-8-12-21)23(13-15-28-18)25-22(14-16-35-25)17-29-27(31)32-19(2)20-9-5-3-6-10-20/h3,5-6,9-10,13-16,19,21H,4,7-8,11-12,17H2,1-2H3,(H,29,31)/t19-/m1/s1. The normalized spacial score (nSPS) is 14.7. The predicted molar refractivity (Wildman–Crippen MR) is 134 cm³/mol. The summed E-state index contributed by atoms with van der Waals surface area (Å²) in [4.78, 5) is 40.9. The number of amides is 1. The van der Waals surface area contributed by atoms with Crippen molar-refractivity contribution < 1.29 is 24.1 Å². The van der Waals surface area contributed by atoms with Crippen LogP contribution in [0.4, 0.5) is 4.79 Å². The monoisotopic (exact) mass is 494 g/mol. The molecule has 1 aliphatic rings. The molecule has 0 spiro atoms. The van der Waals surface area contributed by atoms with E-state index in [1.165, 1.54) is 11.3 Å². The third-order valence-electron chi connectivity index (χ3n) is 6.20. The first kappa shape index (κ1) is 24.7. The Labute approximate surface area is 209 Å². The van der Waals surface area contributed by atoms with Crippen molar-refractivity contribution in [2.45, 2.75) is 58.6 Å². The number of nitrogens with zero attached hydrogens (tertiary/aromatic N) is 1. The summed E-state index contributed by atoms with van der Waals surface area (Å²) in [7, 11) is 0. The van der Waals surface area contributed by atoms with Gasteiger partial charge in [-0.05, 0) is 55.3 Å². The molecule has 1 atom stereocenters. The Hall–Kier alpha value is -3.39. The van der Waals surface area contributed by atoms with E-state index >= 15 is 0 Å². The SMILES string of the molecule is Cc1nccc(-c2sccc2CNC(=O)O[C@H](C)c2ccccc2)c1OOC(=O)C1CCCCC1. The molecule has 35 heavy (non-hydrogen) atoms. The van der Waals surface area contributed by atoms with Crippen LogP contribution in [0, 0.1) is 12.8 Å². The number of aromatic nitrogens is 1. The van der Waals surface area contributed by atoms with E-state index in [0.717, 1.165) is 53.7 Å². The highest BCUT2D eigenvalue weighted by Gasteiger charge is 2.25. The molecule has 1 N–H and O–H groups in total. The van der Waals surface area contributed by atoms with Crippen LogP contribution in [0.2, 0.25) is 0 Å². The number of rotatable bonds is 8. The van der Waals surface area contributed by atoms with Crippen molar-refractivity contribution in [1.82, 2.24) is 10.3 Å². The maximum atomic E-state index is 12.5. The maximum Gasteiger partial charge on any atom is 0.408 e. The van der Waals surface area contributed by atoms with Crippen LogP contribution in [0.25, 0.3) is 10.4 Å². The lowest BCUT2D eigenvalue weighted by Gasteiger charge is -2.19.